The first-order valence-electron chi connectivity index (χ1n) is 9.39. The summed E-state index contributed by atoms with van der Waals surface area (Å²) in [4.78, 5) is 30.2. The highest BCUT2D eigenvalue weighted by Gasteiger charge is 2.30. The smallest absolute Gasteiger partial charge is 0.416 e. The van der Waals surface area contributed by atoms with E-state index in [-0.39, 0.29) is 34.6 Å². The summed E-state index contributed by atoms with van der Waals surface area (Å²) in [6.07, 6.45) is -4.93. The topological polar surface area (TPSA) is 127 Å². The molecule has 176 valence electrons. The van der Waals surface area contributed by atoms with Crippen LogP contribution in [-0.4, -0.2) is 38.0 Å². The third-order valence-corrected chi connectivity index (χ3v) is 5.92. The Balaban J connectivity index is 1.58. The molecule has 0 aliphatic rings. The molecule has 0 spiro atoms. The number of aromatic nitrogens is 2. The molecule has 3 rings (SSSR count). The van der Waals surface area contributed by atoms with Gasteiger partial charge in [-0.1, -0.05) is 0 Å². The molecule has 0 aliphatic carbocycles. The van der Waals surface area contributed by atoms with E-state index in [0.29, 0.717) is 5.75 Å². The molecule has 0 unspecified atom stereocenters. The number of alkyl halides is 3. The summed E-state index contributed by atoms with van der Waals surface area (Å²) >= 11 is 0. The number of rotatable bonds is 8. The van der Waals surface area contributed by atoms with Gasteiger partial charge in [0.05, 0.1) is 34.9 Å². The van der Waals surface area contributed by atoms with Gasteiger partial charge < -0.3 is 14.5 Å². The van der Waals surface area contributed by atoms with Crippen LogP contribution in [0.4, 0.5) is 13.2 Å². The molecule has 0 amide bonds. The van der Waals surface area contributed by atoms with Gasteiger partial charge in [-0.2, -0.15) is 13.2 Å². The largest absolute Gasteiger partial charge is 0.497 e. The summed E-state index contributed by atoms with van der Waals surface area (Å²) in [7, 11) is -2.42. The number of carbonyl (C=O) groups excluding carboxylic acids is 1. The second kappa shape index (κ2) is 9.58. The van der Waals surface area contributed by atoms with E-state index in [0.717, 1.165) is 18.2 Å². The zero-order valence-electron chi connectivity index (χ0n) is 17.1. The van der Waals surface area contributed by atoms with Crippen LogP contribution in [0.2, 0.25) is 0 Å². The van der Waals surface area contributed by atoms with Crippen molar-refractivity contribution >= 4 is 26.9 Å². The average Bonchev–Trinajstić information content (AvgIpc) is 2.76. The molecule has 3 aromatic rings. The van der Waals surface area contributed by atoms with E-state index in [9.17, 15) is 31.2 Å². The summed E-state index contributed by atoms with van der Waals surface area (Å²) < 4.78 is 75.2. The maximum atomic E-state index is 12.9. The van der Waals surface area contributed by atoms with Gasteiger partial charge in [0.25, 0.3) is 5.56 Å². The van der Waals surface area contributed by atoms with E-state index in [1.807, 2.05) is 0 Å². The minimum Gasteiger partial charge on any atom is -0.497 e. The highest BCUT2D eigenvalue weighted by Crippen LogP contribution is 2.30. The number of aromatic amines is 1. The number of hydrogen-bond acceptors (Lipinski definition) is 7. The van der Waals surface area contributed by atoms with Gasteiger partial charge in [-0.3, -0.25) is 9.59 Å². The summed E-state index contributed by atoms with van der Waals surface area (Å²) in [5, 5.41) is -0.0500. The number of hydrogen-bond donors (Lipinski definition) is 2. The predicted molar refractivity (Wildman–Crippen MR) is 110 cm³/mol. The average molecular weight is 485 g/mol. The van der Waals surface area contributed by atoms with Gasteiger partial charge in [0.2, 0.25) is 10.0 Å². The Hall–Kier alpha value is -3.45. The lowest BCUT2D eigenvalue weighted by Crippen LogP contribution is -2.26. The molecular weight excluding hydrogens is 467 g/mol. The standard InChI is InChI=1S/C20H18F3N3O6S/c1-31-13-3-5-14(6-4-13)33(29,30)24-9-8-18(27)32-11-17-25-16-10-12(20(21,22)23)2-7-15(16)19(28)26-17/h2-7,10,24H,8-9,11H2,1H3,(H,25,26,28). The molecule has 2 aromatic carbocycles. The second-order valence-electron chi connectivity index (χ2n) is 6.73. The first-order chi connectivity index (χ1) is 15.5. The number of H-pyrrole nitrogens is 1. The minimum absolute atomic E-state index is 0.0205. The van der Waals surface area contributed by atoms with Crippen LogP contribution in [0.15, 0.2) is 52.2 Å². The molecule has 0 atom stereocenters. The molecule has 33 heavy (non-hydrogen) atoms. The molecular formula is C20H18F3N3O6S. The van der Waals surface area contributed by atoms with Crippen molar-refractivity contribution in [2.24, 2.45) is 0 Å². The molecule has 0 saturated heterocycles. The molecule has 2 N–H and O–H groups in total. The summed E-state index contributed by atoms with van der Waals surface area (Å²) in [5.41, 5.74) is -1.86. The van der Waals surface area contributed by atoms with Crippen molar-refractivity contribution in [2.75, 3.05) is 13.7 Å². The number of ether oxygens (including phenoxy) is 2. The number of benzene rings is 2. The maximum absolute atomic E-state index is 12.9. The van der Waals surface area contributed by atoms with Crippen LogP contribution < -0.4 is 15.0 Å². The first-order valence-corrected chi connectivity index (χ1v) is 10.9. The van der Waals surface area contributed by atoms with Crippen molar-refractivity contribution in [3.05, 3.63) is 64.2 Å². The van der Waals surface area contributed by atoms with Crippen molar-refractivity contribution in [3.8, 4) is 5.75 Å². The highest BCUT2D eigenvalue weighted by atomic mass is 32.2. The van der Waals surface area contributed by atoms with Crippen LogP contribution in [0.25, 0.3) is 10.9 Å². The van der Waals surface area contributed by atoms with Crippen LogP contribution in [-0.2, 0) is 32.3 Å². The Bertz CT molecular complexity index is 1320. The number of methoxy groups -OCH3 is 1. The van der Waals surface area contributed by atoms with Gasteiger partial charge in [0, 0.05) is 6.54 Å². The van der Waals surface area contributed by atoms with Gasteiger partial charge in [-0.15, -0.1) is 0 Å². The molecule has 13 heteroatoms. The van der Waals surface area contributed by atoms with Crippen LogP contribution in [0.5, 0.6) is 5.75 Å². The van der Waals surface area contributed by atoms with E-state index in [1.165, 1.54) is 31.4 Å². The molecule has 1 heterocycles. The molecule has 1 aromatic heterocycles. The zero-order chi connectivity index (χ0) is 24.2. The lowest BCUT2D eigenvalue weighted by atomic mass is 10.1. The molecule has 0 saturated carbocycles. The molecule has 0 radical (unpaired) electrons. The number of nitrogens with one attached hydrogen (secondary N) is 2. The summed E-state index contributed by atoms with van der Waals surface area (Å²) in [6.45, 7) is -0.769. The number of sulfonamides is 1. The van der Waals surface area contributed by atoms with Crippen molar-refractivity contribution in [1.29, 1.82) is 0 Å². The third kappa shape index (κ3) is 6.08. The zero-order valence-corrected chi connectivity index (χ0v) is 17.9. The Kier molecular flexibility index (Phi) is 7.03. The monoisotopic (exact) mass is 485 g/mol. The normalized spacial score (nSPS) is 12.0. The number of fused-ring (bicyclic) bond motifs is 1. The van der Waals surface area contributed by atoms with E-state index in [4.69, 9.17) is 9.47 Å². The van der Waals surface area contributed by atoms with Crippen molar-refractivity contribution in [2.45, 2.75) is 24.1 Å². The lowest BCUT2D eigenvalue weighted by Gasteiger charge is -2.09. The van der Waals surface area contributed by atoms with Gasteiger partial charge in [0.15, 0.2) is 0 Å². The first kappa shape index (κ1) is 24.2. The van der Waals surface area contributed by atoms with E-state index < -0.39 is 39.9 Å². The van der Waals surface area contributed by atoms with Crippen molar-refractivity contribution in [1.82, 2.24) is 14.7 Å². The lowest BCUT2D eigenvalue weighted by molar-refractivity contribution is -0.145. The Morgan fingerprint density at radius 2 is 1.85 bits per heavy atom. The van der Waals surface area contributed by atoms with Crippen molar-refractivity contribution < 1.29 is 35.9 Å². The van der Waals surface area contributed by atoms with Gasteiger partial charge >= 0.3 is 12.1 Å². The quantitative estimate of drug-likeness (QED) is 0.469. The number of halogens is 3. The van der Waals surface area contributed by atoms with Crippen LogP contribution in [0, 0.1) is 0 Å². The molecule has 0 fully saturated rings. The Labute approximate surface area is 185 Å². The highest BCUT2D eigenvalue weighted by molar-refractivity contribution is 7.89. The SMILES string of the molecule is COc1ccc(S(=O)(=O)NCCC(=O)OCc2nc3cc(C(F)(F)F)ccc3c(=O)[nH]2)cc1. The fourth-order valence-electron chi connectivity index (χ4n) is 2.78. The van der Waals surface area contributed by atoms with Crippen LogP contribution >= 0.6 is 0 Å². The molecule has 0 bridgehead atoms. The fourth-order valence-corrected chi connectivity index (χ4v) is 3.81. The maximum Gasteiger partial charge on any atom is 0.416 e. The molecule has 9 nitrogen and oxygen atoms in total. The van der Waals surface area contributed by atoms with E-state index >= 15 is 0 Å². The minimum atomic E-state index is -4.61. The van der Waals surface area contributed by atoms with Crippen LogP contribution in [0.3, 0.4) is 0 Å². The number of nitrogens with zero attached hydrogens (tertiary/aromatic N) is 1. The summed E-state index contributed by atoms with van der Waals surface area (Å²) in [6, 6.07) is 8.12. The van der Waals surface area contributed by atoms with Crippen LogP contribution in [0.1, 0.15) is 17.8 Å². The van der Waals surface area contributed by atoms with E-state index in [1.54, 1.807) is 0 Å². The molecule has 0 aliphatic heterocycles. The Morgan fingerprint density at radius 3 is 2.48 bits per heavy atom. The number of esters is 1. The van der Waals surface area contributed by atoms with Gasteiger partial charge in [-0.05, 0) is 42.5 Å². The summed E-state index contributed by atoms with van der Waals surface area (Å²) in [5.74, 6) is -0.481. The van der Waals surface area contributed by atoms with Gasteiger partial charge in [0.1, 0.15) is 18.2 Å². The van der Waals surface area contributed by atoms with Crippen molar-refractivity contribution in [3.63, 3.8) is 0 Å². The predicted octanol–water partition coefficient (Wildman–Crippen LogP) is 2.36. The second-order valence-corrected chi connectivity index (χ2v) is 8.49. The van der Waals surface area contributed by atoms with Gasteiger partial charge in [-0.25, -0.2) is 18.1 Å². The van der Waals surface area contributed by atoms with E-state index in [2.05, 4.69) is 14.7 Å². The third-order valence-electron chi connectivity index (χ3n) is 4.44. The number of carbonyl (C=O) groups is 1. The Morgan fingerprint density at radius 1 is 1.15 bits per heavy atom. The fraction of sp³-hybridized carbons (Fsp3) is 0.250.